The van der Waals surface area contributed by atoms with Gasteiger partial charge in [0.05, 0.1) is 24.3 Å². The van der Waals surface area contributed by atoms with E-state index in [9.17, 15) is 9.90 Å². The van der Waals surface area contributed by atoms with Crippen molar-refractivity contribution in [1.29, 1.82) is 0 Å². The number of aliphatic hydroxyl groups is 1. The molecule has 126 valence electrons. The summed E-state index contributed by atoms with van der Waals surface area (Å²) in [6, 6.07) is 14.9. The lowest BCUT2D eigenvalue weighted by atomic mass is 10.1. The number of aromatic nitrogens is 4. The zero-order valence-electron chi connectivity index (χ0n) is 13.4. The Kier molecular flexibility index (Phi) is 3.99. The third-order valence-corrected chi connectivity index (χ3v) is 4.44. The Labute approximate surface area is 144 Å². The predicted octanol–water partition coefficient (Wildman–Crippen LogP) is 0.979. The molecular formula is C18H17N5O2. The van der Waals surface area contributed by atoms with Crippen LogP contribution in [0.3, 0.4) is 0 Å². The summed E-state index contributed by atoms with van der Waals surface area (Å²) in [4.78, 5) is 12.4. The molecule has 1 aliphatic carbocycles. The van der Waals surface area contributed by atoms with Crippen LogP contribution in [0.1, 0.15) is 22.7 Å². The number of nitrogens with zero attached hydrogens (tertiary/aromatic N) is 4. The van der Waals surface area contributed by atoms with E-state index in [1.807, 2.05) is 48.5 Å². The van der Waals surface area contributed by atoms with Crippen LogP contribution >= 0.6 is 0 Å². The third kappa shape index (κ3) is 3.14. The standard InChI is InChI=1S/C18H17N5O2/c24-16-10-13-3-1-2-4-15(13)18(16)20-17(25)9-12-5-7-14(8-6-12)23-11-19-21-22-23/h1-8,11,16,18,24H,9-10H2,(H,20,25)/t16-,18+/m1/s1. The quantitative estimate of drug-likeness (QED) is 0.741. The molecule has 1 aliphatic rings. The van der Waals surface area contributed by atoms with Crippen molar-refractivity contribution < 1.29 is 9.90 Å². The molecule has 0 saturated heterocycles. The SMILES string of the molecule is O=C(Cc1ccc(-n2cnnn2)cc1)N[C@H]1c2ccccc2C[C@H]1O. The zero-order chi connectivity index (χ0) is 17.2. The van der Waals surface area contributed by atoms with Gasteiger partial charge in [0, 0.05) is 6.42 Å². The monoisotopic (exact) mass is 335 g/mol. The molecule has 2 atom stereocenters. The number of carbonyl (C=O) groups is 1. The summed E-state index contributed by atoms with van der Waals surface area (Å²) >= 11 is 0. The minimum atomic E-state index is -0.580. The highest BCUT2D eigenvalue weighted by molar-refractivity contribution is 5.79. The summed E-state index contributed by atoms with van der Waals surface area (Å²) in [5.74, 6) is -0.115. The minimum Gasteiger partial charge on any atom is -0.390 e. The first-order chi connectivity index (χ1) is 12.2. The molecule has 25 heavy (non-hydrogen) atoms. The second-order valence-corrected chi connectivity index (χ2v) is 6.11. The topological polar surface area (TPSA) is 92.9 Å². The Morgan fingerprint density at radius 3 is 2.76 bits per heavy atom. The second-order valence-electron chi connectivity index (χ2n) is 6.11. The van der Waals surface area contributed by atoms with Gasteiger partial charge in [-0.25, -0.2) is 4.68 Å². The molecule has 0 saturated carbocycles. The highest BCUT2D eigenvalue weighted by Crippen LogP contribution is 2.31. The van der Waals surface area contributed by atoms with Crippen LogP contribution in [-0.2, 0) is 17.6 Å². The summed E-state index contributed by atoms with van der Waals surface area (Å²) in [6.45, 7) is 0. The molecule has 0 bridgehead atoms. The number of amides is 1. The number of tetrazole rings is 1. The van der Waals surface area contributed by atoms with Crippen molar-refractivity contribution in [2.24, 2.45) is 0 Å². The number of rotatable bonds is 4. The number of carbonyl (C=O) groups excluding carboxylic acids is 1. The van der Waals surface area contributed by atoms with Crippen molar-refractivity contribution in [2.75, 3.05) is 0 Å². The van der Waals surface area contributed by atoms with Gasteiger partial charge < -0.3 is 10.4 Å². The fraction of sp³-hybridized carbons (Fsp3) is 0.222. The Morgan fingerprint density at radius 2 is 2.00 bits per heavy atom. The maximum Gasteiger partial charge on any atom is 0.224 e. The minimum absolute atomic E-state index is 0.115. The van der Waals surface area contributed by atoms with Gasteiger partial charge in [0.25, 0.3) is 0 Å². The summed E-state index contributed by atoms with van der Waals surface area (Å²) in [5.41, 5.74) is 3.80. The van der Waals surface area contributed by atoms with E-state index in [-0.39, 0.29) is 18.4 Å². The maximum atomic E-state index is 12.4. The lowest BCUT2D eigenvalue weighted by molar-refractivity contribution is -0.121. The normalized spacial score (nSPS) is 18.8. The molecule has 1 aromatic heterocycles. The summed E-state index contributed by atoms with van der Waals surface area (Å²) in [6.07, 6.45) is 1.76. The van der Waals surface area contributed by atoms with Crippen LogP contribution in [0.5, 0.6) is 0 Å². The van der Waals surface area contributed by atoms with E-state index in [0.717, 1.165) is 22.4 Å². The average molecular weight is 335 g/mol. The number of nitrogens with one attached hydrogen (secondary N) is 1. The molecule has 2 N–H and O–H groups in total. The molecule has 1 heterocycles. The Bertz CT molecular complexity index is 877. The Hall–Kier alpha value is -3.06. The van der Waals surface area contributed by atoms with Crippen LogP contribution in [-0.4, -0.2) is 37.3 Å². The van der Waals surface area contributed by atoms with Gasteiger partial charge in [-0.15, -0.1) is 5.10 Å². The van der Waals surface area contributed by atoms with Crippen molar-refractivity contribution in [3.63, 3.8) is 0 Å². The van der Waals surface area contributed by atoms with Crippen molar-refractivity contribution in [1.82, 2.24) is 25.5 Å². The van der Waals surface area contributed by atoms with Crippen LogP contribution in [0.4, 0.5) is 0 Å². The zero-order valence-corrected chi connectivity index (χ0v) is 13.4. The first kappa shape index (κ1) is 15.5. The highest BCUT2D eigenvalue weighted by atomic mass is 16.3. The highest BCUT2D eigenvalue weighted by Gasteiger charge is 2.31. The van der Waals surface area contributed by atoms with E-state index < -0.39 is 6.10 Å². The summed E-state index contributed by atoms with van der Waals surface area (Å²) in [7, 11) is 0. The van der Waals surface area contributed by atoms with E-state index in [0.29, 0.717) is 6.42 Å². The molecule has 0 spiro atoms. The van der Waals surface area contributed by atoms with E-state index in [1.54, 1.807) is 4.68 Å². The first-order valence-corrected chi connectivity index (χ1v) is 8.08. The molecule has 4 rings (SSSR count). The summed E-state index contributed by atoms with van der Waals surface area (Å²) in [5, 5.41) is 24.2. The van der Waals surface area contributed by atoms with Crippen LogP contribution in [0.15, 0.2) is 54.9 Å². The molecule has 7 nitrogen and oxygen atoms in total. The average Bonchev–Trinajstić information content (AvgIpc) is 3.25. The summed E-state index contributed by atoms with van der Waals surface area (Å²) < 4.78 is 1.55. The number of hydrogen-bond donors (Lipinski definition) is 2. The van der Waals surface area contributed by atoms with Gasteiger partial charge in [0.2, 0.25) is 5.91 Å². The maximum absolute atomic E-state index is 12.4. The fourth-order valence-electron chi connectivity index (χ4n) is 3.20. The van der Waals surface area contributed by atoms with E-state index in [2.05, 4.69) is 20.8 Å². The second kappa shape index (κ2) is 6.45. The van der Waals surface area contributed by atoms with Crippen LogP contribution in [0.2, 0.25) is 0 Å². The van der Waals surface area contributed by atoms with Crippen molar-refractivity contribution in [2.45, 2.75) is 25.0 Å². The van der Waals surface area contributed by atoms with Gasteiger partial charge in [-0.1, -0.05) is 36.4 Å². The molecule has 0 aliphatic heterocycles. The molecule has 0 fully saturated rings. The fourth-order valence-corrected chi connectivity index (χ4v) is 3.20. The Morgan fingerprint density at radius 1 is 1.20 bits per heavy atom. The van der Waals surface area contributed by atoms with Gasteiger partial charge in [-0.2, -0.15) is 0 Å². The van der Waals surface area contributed by atoms with Crippen molar-refractivity contribution in [3.8, 4) is 5.69 Å². The van der Waals surface area contributed by atoms with Crippen LogP contribution in [0, 0.1) is 0 Å². The molecule has 0 unspecified atom stereocenters. The van der Waals surface area contributed by atoms with Gasteiger partial charge in [-0.05, 0) is 39.2 Å². The largest absolute Gasteiger partial charge is 0.390 e. The lowest BCUT2D eigenvalue weighted by Crippen LogP contribution is -2.34. The number of benzene rings is 2. The molecule has 0 radical (unpaired) electrons. The number of aliphatic hydroxyl groups excluding tert-OH is 1. The van der Waals surface area contributed by atoms with Gasteiger partial charge in [-0.3, -0.25) is 4.79 Å². The first-order valence-electron chi connectivity index (χ1n) is 8.08. The lowest BCUT2D eigenvalue weighted by Gasteiger charge is -2.18. The van der Waals surface area contributed by atoms with E-state index in [4.69, 9.17) is 0 Å². The Balaban J connectivity index is 1.42. The smallest absolute Gasteiger partial charge is 0.224 e. The molecule has 7 heteroatoms. The molecule has 2 aromatic carbocycles. The number of hydrogen-bond acceptors (Lipinski definition) is 5. The molecule has 3 aromatic rings. The number of fused-ring (bicyclic) bond motifs is 1. The van der Waals surface area contributed by atoms with Crippen molar-refractivity contribution >= 4 is 5.91 Å². The molecule has 1 amide bonds. The van der Waals surface area contributed by atoms with Crippen molar-refractivity contribution in [3.05, 3.63) is 71.5 Å². The van der Waals surface area contributed by atoms with Gasteiger partial charge in [0.1, 0.15) is 6.33 Å². The van der Waals surface area contributed by atoms with Crippen LogP contribution < -0.4 is 5.32 Å². The predicted molar refractivity (Wildman–Crippen MR) is 89.9 cm³/mol. The van der Waals surface area contributed by atoms with E-state index in [1.165, 1.54) is 6.33 Å². The van der Waals surface area contributed by atoms with E-state index >= 15 is 0 Å². The van der Waals surface area contributed by atoms with Crippen LogP contribution in [0.25, 0.3) is 5.69 Å². The third-order valence-electron chi connectivity index (χ3n) is 4.44. The van der Waals surface area contributed by atoms with Gasteiger partial charge >= 0.3 is 0 Å². The van der Waals surface area contributed by atoms with Gasteiger partial charge in [0.15, 0.2) is 0 Å². The molecular weight excluding hydrogens is 318 g/mol.